The summed E-state index contributed by atoms with van der Waals surface area (Å²) in [5.74, 6) is 9.09. The third-order valence-corrected chi connectivity index (χ3v) is 2.08. The molecule has 16 heavy (non-hydrogen) atoms. The lowest BCUT2D eigenvalue weighted by atomic mass is 10.1. The lowest BCUT2D eigenvalue weighted by Gasteiger charge is -2.16. The van der Waals surface area contributed by atoms with Gasteiger partial charge in [0.25, 0.3) is 0 Å². The molecule has 1 aromatic heterocycles. The number of ether oxygens (including phenoxy) is 1. The summed E-state index contributed by atoms with van der Waals surface area (Å²) >= 11 is 0. The van der Waals surface area contributed by atoms with Crippen LogP contribution in [0.3, 0.4) is 0 Å². The lowest BCUT2D eigenvalue weighted by Crippen LogP contribution is -2.16. The number of terminal acetylenes is 1. The van der Waals surface area contributed by atoms with Gasteiger partial charge in [0.2, 0.25) is 5.88 Å². The van der Waals surface area contributed by atoms with Crippen LogP contribution in [0.4, 0.5) is 5.82 Å². The Morgan fingerprint density at radius 3 is 2.62 bits per heavy atom. The van der Waals surface area contributed by atoms with E-state index in [1.807, 2.05) is 13.8 Å². The zero-order valence-corrected chi connectivity index (χ0v) is 9.69. The van der Waals surface area contributed by atoms with Crippen molar-refractivity contribution < 1.29 is 4.74 Å². The van der Waals surface area contributed by atoms with Gasteiger partial charge in [-0.05, 0) is 12.8 Å². The number of rotatable bonds is 4. The predicted molar refractivity (Wildman–Crippen MR) is 62.9 cm³/mol. The second-order valence-electron chi connectivity index (χ2n) is 3.67. The van der Waals surface area contributed by atoms with Crippen molar-refractivity contribution in [2.24, 2.45) is 5.84 Å². The zero-order valence-electron chi connectivity index (χ0n) is 9.69. The average molecular weight is 220 g/mol. The first-order chi connectivity index (χ1) is 7.60. The molecular weight excluding hydrogens is 204 g/mol. The zero-order chi connectivity index (χ0) is 12.1. The fourth-order valence-corrected chi connectivity index (χ4v) is 1.31. The number of hydrazine groups is 1. The Labute approximate surface area is 95.4 Å². The van der Waals surface area contributed by atoms with Crippen LogP contribution in [0.5, 0.6) is 5.88 Å². The van der Waals surface area contributed by atoms with Gasteiger partial charge in [0.05, 0.1) is 5.56 Å². The van der Waals surface area contributed by atoms with Crippen molar-refractivity contribution in [3.63, 3.8) is 0 Å². The molecule has 1 aromatic rings. The van der Waals surface area contributed by atoms with Crippen LogP contribution in [0.25, 0.3) is 0 Å². The topological polar surface area (TPSA) is 73.1 Å². The maximum absolute atomic E-state index is 5.52. The van der Waals surface area contributed by atoms with Gasteiger partial charge in [0.1, 0.15) is 6.33 Å². The summed E-state index contributed by atoms with van der Waals surface area (Å²) in [6, 6.07) is 0. The van der Waals surface area contributed by atoms with E-state index in [0.29, 0.717) is 11.7 Å². The van der Waals surface area contributed by atoms with Crippen LogP contribution in [0.2, 0.25) is 0 Å². The molecular formula is C11H16N4O. The fourth-order valence-electron chi connectivity index (χ4n) is 1.31. The number of hydrogen-bond donors (Lipinski definition) is 2. The maximum atomic E-state index is 5.52. The first-order valence-corrected chi connectivity index (χ1v) is 5.04. The first-order valence-electron chi connectivity index (χ1n) is 5.04. The Balaban J connectivity index is 3.13. The molecule has 0 fully saturated rings. The molecule has 0 aromatic carbocycles. The summed E-state index contributed by atoms with van der Waals surface area (Å²) in [5, 5.41) is 0. The molecule has 0 spiro atoms. The molecule has 5 nitrogen and oxygen atoms in total. The van der Waals surface area contributed by atoms with Gasteiger partial charge >= 0.3 is 0 Å². The summed E-state index contributed by atoms with van der Waals surface area (Å²) < 4.78 is 5.52. The molecule has 5 heteroatoms. The molecule has 1 unspecified atom stereocenters. The summed E-state index contributed by atoms with van der Waals surface area (Å²) in [5.41, 5.74) is 3.35. The van der Waals surface area contributed by atoms with Crippen molar-refractivity contribution in [3.05, 3.63) is 11.9 Å². The molecule has 3 N–H and O–H groups in total. The van der Waals surface area contributed by atoms with E-state index in [0.717, 1.165) is 5.56 Å². The number of nitrogens with two attached hydrogens (primary N) is 1. The van der Waals surface area contributed by atoms with Crippen molar-refractivity contribution in [2.75, 3.05) is 5.43 Å². The number of nitrogens with one attached hydrogen (secondary N) is 1. The van der Waals surface area contributed by atoms with Crippen molar-refractivity contribution in [1.29, 1.82) is 0 Å². The van der Waals surface area contributed by atoms with Crippen LogP contribution in [0, 0.1) is 12.3 Å². The molecule has 1 atom stereocenters. The maximum Gasteiger partial charge on any atom is 0.223 e. The number of hydrogen-bond acceptors (Lipinski definition) is 5. The number of nitrogens with zero attached hydrogens (tertiary/aromatic N) is 2. The molecule has 1 rings (SSSR count). The second-order valence-corrected chi connectivity index (χ2v) is 3.67. The van der Waals surface area contributed by atoms with Crippen LogP contribution >= 0.6 is 0 Å². The molecule has 0 saturated carbocycles. The van der Waals surface area contributed by atoms with Crippen molar-refractivity contribution in [1.82, 2.24) is 9.97 Å². The molecule has 0 aliphatic rings. The van der Waals surface area contributed by atoms with Crippen molar-refractivity contribution in [2.45, 2.75) is 32.8 Å². The highest BCUT2D eigenvalue weighted by Crippen LogP contribution is 2.29. The van der Waals surface area contributed by atoms with E-state index in [9.17, 15) is 0 Å². The molecule has 0 bridgehead atoms. The van der Waals surface area contributed by atoms with E-state index in [1.54, 1.807) is 6.92 Å². The molecule has 0 amide bonds. The largest absolute Gasteiger partial charge is 0.461 e. The summed E-state index contributed by atoms with van der Waals surface area (Å²) in [6.07, 6.45) is 6.31. The van der Waals surface area contributed by atoms with Gasteiger partial charge in [-0.15, -0.1) is 6.42 Å². The minimum absolute atomic E-state index is 0.187. The fraction of sp³-hybridized carbons (Fsp3) is 0.455. The van der Waals surface area contributed by atoms with Gasteiger partial charge in [0.15, 0.2) is 11.9 Å². The van der Waals surface area contributed by atoms with Crippen molar-refractivity contribution >= 4 is 5.82 Å². The highest BCUT2D eigenvalue weighted by molar-refractivity contribution is 5.49. The lowest BCUT2D eigenvalue weighted by molar-refractivity contribution is 0.263. The Morgan fingerprint density at radius 1 is 1.44 bits per heavy atom. The van der Waals surface area contributed by atoms with Gasteiger partial charge in [-0.2, -0.15) is 0 Å². The Kier molecular flexibility index (Phi) is 4.09. The van der Waals surface area contributed by atoms with E-state index in [1.165, 1.54) is 6.33 Å². The number of anilines is 1. The Hall–Kier alpha value is -1.80. The van der Waals surface area contributed by atoms with Gasteiger partial charge in [-0.1, -0.05) is 19.8 Å². The quantitative estimate of drug-likeness (QED) is 0.454. The van der Waals surface area contributed by atoms with Gasteiger partial charge in [-0.25, -0.2) is 15.8 Å². The minimum Gasteiger partial charge on any atom is -0.461 e. The SMILES string of the molecule is C#CC(C)Oc1ncnc(NN)c1C(C)C. The average Bonchev–Trinajstić information content (AvgIpc) is 2.28. The normalized spacial score (nSPS) is 12.0. The molecule has 86 valence electrons. The first kappa shape index (κ1) is 12.3. The number of aromatic nitrogens is 2. The molecule has 0 saturated heterocycles. The Morgan fingerprint density at radius 2 is 2.12 bits per heavy atom. The van der Waals surface area contributed by atoms with Crippen LogP contribution in [0.1, 0.15) is 32.3 Å². The molecule has 0 radical (unpaired) electrons. The standard InChI is InChI=1S/C11H16N4O/c1-5-8(4)16-11-9(7(2)3)10(15-12)13-6-14-11/h1,6-8H,12H2,2-4H3,(H,13,14,15). The summed E-state index contributed by atoms with van der Waals surface area (Å²) in [6.45, 7) is 5.79. The smallest absolute Gasteiger partial charge is 0.223 e. The highest BCUT2D eigenvalue weighted by atomic mass is 16.5. The molecule has 0 aliphatic heterocycles. The van der Waals surface area contributed by atoms with E-state index in [-0.39, 0.29) is 12.0 Å². The summed E-state index contributed by atoms with van der Waals surface area (Å²) in [4.78, 5) is 8.11. The minimum atomic E-state index is -0.335. The van der Waals surface area contributed by atoms with E-state index < -0.39 is 0 Å². The third-order valence-electron chi connectivity index (χ3n) is 2.08. The Bertz CT molecular complexity index is 397. The van der Waals surface area contributed by atoms with Crippen LogP contribution in [-0.4, -0.2) is 16.1 Å². The van der Waals surface area contributed by atoms with Crippen molar-refractivity contribution in [3.8, 4) is 18.2 Å². The molecule has 1 heterocycles. The van der Waals surface area contributed by atoms with Gasteiger partial charge < -0.3 is 10.2 Å². The van der Waals surface area contributed by atoms with Crippen LogP contribution in [0.15, 0.2) is 6.33 Å². The summed E-state index contributed by atoms with van der Waals surface area (Å²) in [7, 11) is 0. The third kappa shape index (κ3) is 2.61. The van der Waals surface area contributed by atoms with Crippen LogP contribution < -0.4 is 16.0 Å². The van der Waals surface area contributed by atoms with Gasteiger partial charge in [0, 0.05) is 0 Å². The monoisotopic (exact) mass is 220 g/mol. The predicted octanol–water partition coefficient (Wildman–Crippen LogP) is 1.29. The van der Waals surface area contributed by atoms with E-state index >= 15 is 0 Å². The van der Waals surface area contributed by atoms with Gasteiger partial charge in [-0.3, -0.25) is 0 Å². The molecule has 0 aliphatic carbocycles. The second kappa shape index (κ2) is 5.33. The number of nitrogen functional groups attached to an aromatic ring is 1. The van der Waals surface area contributed by atoms with E-state index in [4.69, 9.17) is 17.0 Å². The highest BCUT2D eigenvalue weighted by Gasteiger charge is 2.16. The van der Waals surface area contributed by atoms with E-state index in [2.05, 4.69) is 21.3 Å². The van der Waals surface area contributed by atoms with Crippen LogP contribution in [-0.2, 0) is 0 Å².